The molecule has 5 nitrogen and oxygen atoms in total. The molecule has 0 saturated carbocycles. The van der Waals surface area contributed by atoms with Gasteiger partial charge >= 0.3 is 6.09 Å². The van der Waals surface area contributed by atoms with Gasteiger partial charge in [0.2, 0.25) is 5.88 Å². The molecule has 0 spiro atoms. The second kappa shape index (κ2) is 5.16. The molecule has 1 heterocycles. The van der Waals surface area contributed by atoms with Crippen molar-refractivity contribution in [3.63, 3.8) is 0 Å². The number of ether oxygens (including phenoxy) is 2. The molecule has 1 amide bonds. The Bertz CT molecular complexity index is 357. The summed E-state index contributed by atoms with van der Waals surface area (Å²) in [5.41, 5.74) is -0.477. The molecule has 16 heavy (non-hydrogen) atoms. The van der Waals surface area contributed by atoms with Crippen LogP contribution in [0.25, 0.3) is 0 Å². The van der Waals surface area contributed by atoms with E-state index in [0.29, 0.717) is 12.4 Å². The molecule has 90 valence electrons. The molecule has 0 saturated heterocycles. The third-order valence-corrected chi connectivity index (χ3v) is 2.32. The molecule has 0 fully saturated rings. The summed E-state index contributed by atoms with van der Waals surface area (Å²) in [6.45, 7) is 5.86. The van der Waals surface area contributed by atoms with Crippen molar-refractivity contribution in [1.29, 1.82) is 0 Å². The number of methoxy groups -OCH3 is 1. The van der Waals surface area contributed by atoms with Gasteiger partial charge in [0.05, 0.1) is 13.7 Å². The van der Waals surface area contributed by atoms with Crippen molar-refractivity contribution in [2.24, 2.45) is 0 Å². The first-order valence-electron chi connectivity index (χ1n) is 4.87. The maximum atomic E-state index is 11.3. The van der Waals surface area contributed by atoms with Gasteiger partial charge in [-0.05, 0) is 32.3 Å². The van der Waals surface area contributed by atoms with Crippen molar-refractivity contribution in [2.75, 3.05) is 7.11 Å². The molecule has 0 atom stereocenters. The van der Waals surface area contributed by atoms with Crippen molar-refractivity contribution in [3.8, 4) is 5.88 Å². The van der Waals surface area contributed by atoms with Gasteiger partial charge < -0.3 is 14.8 Å². The van der Waals surface area contributed by atoms with E-state index in [9.17, 15) is 4.79 Å². The lowest BCUT2D eigenvalue weighted by molar-refractivity contribution is 0.0524. The largest absolute Gasteiger partial charge is 0.480 e. The van der Waals surface area contributed by atoms with Gasteiger partial charge in [0.1, 0.15) is 5.60 Å². The highest BCUT2D eigenvalue weighted by molar-refractivity contribution is 7.05. The predicted molar refractivity (Wildman–Crippen MR) is 61.7 cm³/mol. The molecule has 6 heteroatoms. The summed E-state index contributed by atoms with van der Waals surface area (Å²) in [6.07, 6.45) is -0.431. The maximum Gasteiger partial charge on any atom is 0.407 e. The van der Waals surface area contributed by atoms with Crippen LogP contribution >= 0.6 is 11.5 Å². The van der Waals surface area contributed by atoms with Gasteiger partial charge in [-0.3, -0.25) is 0 Å². The minimum atomic E-state index is -0.477. The summed E-state index contributed by atoms with van der Waals surface area (Å²) < 4.78 is 14.0. The van der Waals surface area contributed by atoms with Crippen LogP contribution in [0.1, 0.15) is 25.6 Å². The van der Waals surface area contributed by atoms with Gasteiger partial charge in [-0.25, -0.2) is 4.79 Å². The van der Waals surface area contributed by atoms with E-state index < -0.39 is 11.7 Å². The zero-order valence-corrected chi connectivity index (χ0v) is 10.7. The van der Waals surface area contributed by atoms with Gasteiger partial charge in [-0.15, -0.1) is 0 Å². The Morgan fingerprint density at radius 3 is 2.75 bits per heavy atom. The maximum absolute atomic E-state index is 11.3. The van der Waals surface area contributed by atoms with Crippen LogP contribution in [0.3, 0.4) is 0 Å². The highest BCUT2D eigenvalue weighted by Gasteiger charge is 2.15. The van der Waals surface area contributed by atoms with E-state index in [1.807, 2.05) is 20.8 Å². The number of nitrogens with one attached hydrogen (secondary N) is 1. The Kier molecular flexibility index (Phi) is 4.12. The number of aromatic nitrogens is 1. The van der Waals surface area contributed by atoms with Gasteiger partial charge in [-0.2, -0.15) is 4.37 Å². The lowest BCUT2D eigenvalue weighted by Gasteiger charge is -2.19. The molecule has 0 aliphatic heterocycles. The molecule has 1 rings (SSSR count). The molecule has 0 aliphatic carbocycles. The van der Waals surface area contributed by atoms with Crippen molar-refractivity contribution >= 4 is 17.6 Å². The van der Waals surface area contributed by atoms with E-state index in [2.05, 4.69) is 9.69 Å². The van der Waals surface area contributed by atoms with Crippen molar-refractivity contribution in [1.82, 2.24) is 9.69 Å². The molecule has 1 N–H and O–H groups in total. The van der Waals surface area contributed by atoms with Crippen LogP contribution in [0.15, 0.2) is 6.07 Å². The Morgan fingerprint density at radius 2 is 2.25 bits per heavy atom. The van der Waals surface area contributed by atoms with Gasteiger partial charge in [0.25, 0.3) is 0 Å². The summed E-state index contributed by atoms with van der Waals surface area (Å²) >= 11 is 1.29. The van der Waals surface area contributed by atoms with Gasteiger partial charge in [-0.1, -0.05) is 0 Å². The normalized spacial score (nSPS) is 11.0. The number of carbonyl (C=O) groups excluding carboxylic acids is 1. The number of amides is 1. The number of carbonyl (C=O) groups is 1. The number of hydrogen-bond acceptors (Lipinski definition) is 5. The highest BCUT2D eigenvalue weighted by atomic mass is 32.1. The molecule has 0 bridgehead atoms. The van der Waals surface area contributed by atoms with E-state index in [4.69, 9.17) is 9.47 Å². The summed E-state index contributed by atoms with van der Waals surface area (Å²) in [5, 5.41) is 2.65. The molecular formula is C10H16N2O3S. The number of rotatable bonds is 3. The Labute approximate surface area is 98.9 Å². The SMILES string of the molecule is COc1cc(CNC(=O)OC(C)(C)C)sn1. The second-order valence-electron chi connectivity index (χ2n) is 4.19. The fraction of sp³-hybridized carbons (Fsp3) is 0.600. The summed E-state index contributed by atoms with van der Waals surface area (Å²) in [6, 6.07) is 1.78. The second-order valence-corrected chi connectivity index (χ2v) is 5.08. The molecule has 0 radical (unpaired) electrons. The molecule has 1 aromatic rings. The van der Waals surface area contributed by atoms with E-state index in [-0.39, 0.29) is 0 Å². The van der Waals surface area contributed by atoms with Crippen LogP contribution in [0, 0.1) is 0 Å². The first-order chi connectivity index (χ1) is 7.40. The first kappa shape index (κ1) is 12.8. The van der Waals surface area contributed by atoms with E-state index in [1.54, 1.807) is 13.2 Å². The smallest absolute Gasteiger partial charge is 0.407 e. The first-order valence-corrected chi connectivity index (χ1v) is 5.64. The van der Waals surface area contributed by atoms with Crippen molar-refractivity contribution in [2.45, 2.75) is 32.9 Å². The van der Waals surface area contributed by atoms with Crippen LogP contribution in [0.4, 0.5) is 4.79 Å². The third-order valence-electron chi connectivity index (χ3n) is 1.55. The minimum absolute atomic E-state index is 0.399. The fourth-order valence-corrected chi connectivity index (χ4v) is 1.57. The average Bonchev–Trinajstić information content (AvgIpc) is 2.59. The van der Waals surface area contributed by atoms with Gasteiger partial charge in [0, 0.05) is 10.9 Å². The highest BCUT2D eigenvalue weighted by Crippen LogP contribution is 2.15. The van der Waals surface area contributed by atoms with Crippen LogP contribution in [-0.4, -0.2) is 23.2 Å². The average molecular weight is 244 g/mol. The minimum Gasteiger partial charge on any atom is -0.480 e. The van der Waals surface area contributed by atoms with Crippen LogP contribution in [-0.2, 0) is 11.3 Å². The Balaban J connectivity index is 2.37. The molecule has 0 aromatic carbocycles. The zero-order valence-electron chi connectivity index (χ0n) is 9.86. The van der Waals surface area contributed by atoms with Crippen molar-refractivity contribution in [3.05, 3.63) is 10.9 Å². The van der Waals surface area contributed by atoms with Crippen LogP contribution < -0.4 is 10.1 Å². The lowest BCUT2D eigenvalue weighted by atomic mass is 10.2. The third kappa shape index (κ3) is 4.48. The Morgan fingerprint density at radius 1 is 1.56 bits per heavy atom. The van der Waals surface area contributed by atoms with E-state index >= 15 is 0 Å². The summed E-state index contributed by atoms with van der Waals surface area (Å²) in [4.78, 5) is 12.2. The number of hydrogen-bond donors (Lipinski definition) is 1. The quantitative estimate of drug-likeness (QED) is 0.885. The fourth-order valence-electron chi connectivity index (χ4n) is 0.947. The molecule has 1 aromatic heterocycles. The van der Waals surface area contributed by atoms with Gasteiger partial charge in [0.15, 0.2) is 0 Å². The monoisotopic (exact) mass is 244 g/mol. The summed E-state index contributed by atoms with van der Waals surface area (Å²) in [7, 11) is 1.56. The van der Waals surface area contributed by atoms with Crippen molar-refractivity contribution < 1.29 is 14.3 Å². The van der Waals surface area contributed by atoms with E-state index in [0.717, 1.165) is 4.88 Å². The molecular weight excluding hydrogens is 228 g/mol. The number of alkyl carbamates (subject to hydrolysis) is 1. The molecule has 0 unspecified atom stereocenters. The standard InChI is InChI=1S/C10H16N2O3S/c1-10(2,3)15-9(13)11-6-7-5-8(14-4)12-16-7/h5H,6H2,1-4H3,(H,11,13). The lowest BCUT2D eigenvalue weighted by Crippen LogP contribution is -2.31. The molecule has 0 aliphatic rings. The van der Waals surface area contributed by atoms with Crippen LogP contribution in [0.2, 0.25) is 0 Å². The number of nitrogens with zero attached hydrogens (tertiary/aromatic N) is 1. The Hall–Kier alpha value is -1.30. The summed E-state index contributed by atoms with van der Waals surface area (Å²) in [5.74, 6) is 0.561. The van der Waals surface area contributed by atoms with E-state index in [1.165, 1.54) is 11.5 Å². The van der Waals surface area contributed by atoms with Crippen LogP contribution in [0.5, 0.6) is 5.88 Å². The predicted octanol–water partition coefficient (Wildman–Crippen LogP) is 2.18. The topological polar surface area (TPSA) is 60.5 Å². The zero-order chi connectivity index (χ0) is 12.2.